The van der Waals surface area contributed by atoms with Crippen molar-refractivity contribution in [1.82, 2.24) is 0 Å². The predicted octanol–water partition coefficient (Wildman–Crippen LogP) is -3.80. The fourth-order valence-corrected chi connectivity index (χ4v) is 0.263. The van der Waals surface area contributed by atoms with E-state index in [9.17, 15) is 19.8 Å². The molecule has 0 saturated heterocycles. The molecule has 0 aromatic rings. The number of carboxylic acid groups (broad SMARTS) is 2. The maximum atomic E-state index is 9.71. The predicted molar refractivity (Wildman–Crippen MR) is 22.6 cm³/mol. The Morgan fingerprint density at radius 3 is 1.90 bits per heavy atom. The van der Waals surface area contributed by atoms with Gasteiger partial charge in [-0.25, -0.2) is 0 Å². The Balaban J connectivity index is 0. The molecule has 6 heteroatoms. The Bertz CT molecular complexity index is 137. The number of carbonyl (C=O) groups excluding carboxylic acids is 2. The minimum atomic E-state index is -1.58. The van der Waals surface area contributed by atoms with Crippen molar-refractivity contribution in [3.8, 4) is 0 Å². The molecule has 0 aliphatic carbocycles. The first-order valence-electron chi connectivity index (χ1n) is 2.20. The third-order valence-electron chi connectivity index (χ3n) is 0.689. The van der Waals surface area contributed by atoms with Crippen LogP contribution in [-0.4, -0.2) is 18.0 Å². The summed E-state index contributed by atoms with van der Waals surface area (Å²) in [6.07, 6.45) is -0.706. The quantitative estimate of drug-likeness (QED) is 0.466. The molecule has 0 spiro atoms. The zero-order valence-electron chi connectivity index (χ0n) is 5.20. The second-order valence-electron chi connectivity index (χ2n) is 1.50. The molecule has 2 N–H and O–H groups in total. The van der Waals surface area contributed by atoms with Crippen LogP contribution in [-0.2, 0) is 29.1 Å². The summed E-state index contributed by atoms with van der Waals surface area (Å²) in [7, 11) is 0. The van der Waals surface area contributed by atoms with Crippen molar-refractivity contribution in [2.45, 2.75) is 12.5 Å². The number of carbonyl (C=O) groups is 2. The Labute approximate surface area is 70.0 Å². The summed E-state index contributed by atoms with van der Waals surface area (Å²) in [5.74, 6) is -3.08. The summed E-state index contributed by atoms with van der Waals surface area (Å²) >= 11 is 0. The standard InChI is InChI=1S/C4H7NO4.Zn/c5-2(4(8)9)1-3(6)7;/h2H,1,5H2,(H,6,7)(H,8,9);/q;+2/p-2. The van der Waals surface area contributed by atoms with Gasteiger partial charge in [-0.2, -0.15) is 0 Å². The van der Waals surface area contributed by atoms with E-state index in [-0.39, 0.29) is 19.5 Å². The van der Waals surface area contributed by atoms with Gasteiger partial charge in [0.2, 0.25) is 0 Å². The molecule has 0 aromatic carbocycles. The van der Waals surface area contributed by atoms with Gasteiger partial charge in [0.15, 0.2) is 0 Å². The van der Waals surface area contributed by atoms with Crippen molar-refractivity contribution >= 4 is 11.9 Å². The molecule has 0 rings (SSSR count). The summed E-state index contributed by atoms with van der Waals surface area (Å²) in [4.78, 5) is 19.3. The van der Waals surface area contributed by atoms with Gasteiger partial charge in [-0.3, -0.25) is 0 Å². The van der Waals surface area contributed by atoms with Gasteiger partial charge in [0.05, 0.1) is 5.97 Å². The molecule has 0 bridgehead atoms. The Hall–Kier alpha value is -0.477. The fraction of sp³-hybridized carbons (Fsp3) is 0.500. The first kappa shape index (κ1) is 12.2. The normalized spacial score (nSPS) is 11.3. The smallest absolute Gasteiger partial charge is 0.550 e. The minimum Gasteiger partial charge on any atom is -0.550 e. The van der Waals surface area contributed by atoms with Crippen molar-refractivity contribution in [3.05, 3.63) is 0 Å². The van der Waals surface area contributed by atoms with Crippen LogP contribution in [0.2, 0.25) is 0 Å². The molecule has 52 valence electrons. The Kier molecular flexibility index (Phi) is 6.50. The zero-order chi connectivity index (χ0) is 7.44. The van der Waals surface area contributed by atoms with Gasteiger partial charge < -0.3 is 25.5 Å². The molecule has 0 aromatic heterocycles. The van der Waals surface area contributed by atoms with E-state index in [0.29, 0.717) is 0 Å². The van der Waals surface area contributed by atoms with E-state index in [4.69, 9.17) is 5.73 Å². The Morgan fingerprint density at radius 2 is 1.80 bits per heavy atom. The van der Waals surface area contributed by atoms with E-state index in [1.54, 1.807) is 0 Å². The number of nitrogens with two attached hydrogens (primary N) is 1. The van der Waals surface area contributed by atoms with Gasteiger partial charge in [-0.15, -0.1) is 0 Å². The molecule has 10 heavy (non-hydrogen) atoms. The first-order chi connectivity index (χ1) is 4.04. The molecular weight excluding hydrogens is 191 g/mol. The van der Waals surface area contributed by atoms with Crippen LogP contribution in [0.5, 0.6) is 0 Å². The second-order valence-corrected chi connectivity index (χ2v) is 1.50. The van der Waals surface area contributed by atoms with E-state index in [0.717, 1.165) is 0 Å². The maximum Gasteiger partial charge on any atom is 2.00 e. The first-order valence-corrected chi connectivity index (χ1v) is 2.20. The monoisotopic (exact) mass is 195 g/mol. The van der Waals surface area contributed by atoms with Crippen molar-refractivity contribution in [2.24, 2.45) is 5.73 Å². The summed E-state index contributed by atoms with van der Waals surface area (Å²) in [6, 6.07) is -1.46. The van der Waals surface area contributed by atoms with E-state index < -0.39 is 24.4 Å². The number of hydrogen-bond acceptors (Lipinski definition) is 5. The molecule has 0 saturated carbocycles. The van der Waals surface area contributed by atoms with Crippen LogP contribution in [0.25, 0.3) is 0 Å². The average Bonchev–Trinajstić information content (AvgIpc) is 1.63. The van der Waals surface area contributed by atoms with Gasteiger partial charge in [0, 0.05) is 18.4 Å². The Morgan fingerprint density at radius 1 is 1.40 bits per heavy atom. The molecular formula is C4H5NO4Zn. The number of carboxylic acids is 2. The van der Waals surface area contributed by atoms with Crippen LogP contribution in [0.4, 0.5) is 0 Å². The van der Waals surface area contributed by atoms with Crippen LogP contribution in [0.15, 0.2) is 0 Å². The van der Waals surface area contributed by atoms with Crippen molar-refractivity contribution < 1.29 is 39.3 Å². The molecule has 5 nitrogen and oxygen atoms in total. The van der Waals surface area contributed by atoms with Crippen LogP contribution < -0.4 is 15.9 Å². The summed E-state index contributed by atoms with van der Waals surface area (Å²) in [5.41, 5.74) is 4.73. The summed E-state index contributed by atoms with van der Waals surface area (Å²) < 4.78 is 0. The van der Waals surface area contributed by atoms with E-state index >= 15 is 0 Å². The van der Waals surface area contributed by atoms with Crippen LogP contribution >= 0.6 is 0 Å². The van der Waals surface area contributed by atoms with Crippen molar-refractivity contribution in [1.29, 1.82) is 0 Å². The van der Waals surface area contributed by atoms with Crippen LogP contribution in [0.1, 0.15) is 6.42 Å². The van der Waals surface area contributed by atoms with E-state index in [1.165, 1.54) is 0 Å². The van der Waals surface area contributed by atoms with Crippen molar-refractivity contribution in [2.75, 3.05) is 0 Å². The van der Waals surface area contributed by atoms with Gasteiger partial charge >= 0.3 is 19.5 Å². The molecule has 0 heterocycles. The van der Waals surface area contributed by atoms with Gasteiger partial charge in [0.1, 0.15) is 0 Å². The van der Waals surface area contributed by atoms with Crippen LogP contribution in [0.3, 0.4) is 0 Å². The summed E-state index contributed by atoms with van der Waals surface area (Å²) in [6.45, 7) is 0. The minimum absolute atomic E-state index is 0. The topological polar surface area (TPSA) is 106 Å². The number of rotatable bonds is 3. The largest absolute Gasteiger partial charge is 2.00 e. The number of aliphatic carboxylic acids is 2. The van der Waals surface area contributed by atoms with Gasteiger partial charge in [0.25, 0.3) is 0 Å². The summed E-state index contributed by atoms with van der Waals surface area (Å²) in [5, 5.41) is 19.3. The van der Waals surface area contributed by atoms with Gasteiger partial charge in [-0.05, 0) is 0 Å². The average molecular weight is 196 g/mol. The molecule has 1 atom stereocenters. The molecule has 0 aliphatic rings. The maximum absolute atomic E-state index is 9.71. The van der Waals surface area contributed by atoms with Crippen LogP contribution in [0, 0.1) is 0 Å². The molecule has 0 aliphatic heterocycles. The van der Waals surface area contributed by atoms with Gasteiger partial charge in [-0.1, -0.05) is 0 Å². The SMILES string of the molecule is NC(CC(=O)[O-])C(=O)[O-].[Zn+2]. The third-order valence-corrected chi connectivity index (χ3v) is 0.689. The fourth-order valence-electron chi connectivity index (χ4n) is 0.263. The number of hydrogen-bond donors (Lipinski definition) is 1. The molecule has 0 amide bonds. The molecule has 0 radical (unpaired) electrons. The third kappa shape index (κ3) is 5.66. The van der Waals surface area contributed by atoms with E-state index in [2.05, 4.69) is 0 Å². The van der Waals surface area contributed by atoms with E-state index in [1.807, 2.05) is 0 Å². The van der Waals surface area contributed by atoms with Crippen molar-refractivity contribution in [3.63, 3.8) is 0 Å². The second kappa shape index (κ2) is 5.32. The molecule has 0 fully saturated rings. The molecule has 1 unspecified atom stereocenters. The zero-order valence-corrected chi connectivity index (χ0v) is 8.17.